The van der Waals surface area contributed by atoms with Crippen LogP contribution in [0.3, 0.4) is 0 Å². The molecule has 2 heterocycles. The van der Waals surface area contributed by atoms with Crippen molar-refractivity contribution in [2.45, 2.75) is 26.8 Å². The van der Waals surface area contributed by atoms with Crippen molar-refractivity contribution in [3.8, 4) is 22.8 Å². The molecule has 0 saturated carbocycles. The van der Waals surface area contributed by atoms with Crippen LogP contribution >= 0.6 is 0 Å². The average molecular weight is 318 g/mol. The van der Waals surface area contributed by atoms with Gasteiger partial charge in [0.1, 0.15) is 0 Å². The Balaban J connectivity index is 1.75. The molecule has 24 heavy (non-hydrogen) atoms. The average Bonchev–Trinajstić information content (AvgIpc) is 3.21. The van der Waals surface area contributed by atoms with Crippen LogP contribution in [0.2, 0.25) is 0 Å². The van der Waals surface area contributed by atoms with Crippen LogP contribution in [-0.2, 0) is 0 Å². The highest BCUT2D eigenvalue weighted by Gasteiger charge is 2.14. The second-order valence-corrected chi connectivity index (χ2v) is 6.19. The van der Waals surface area contributed by atoms with Gasteiger partial charge in [0.2, 0.25) is 5.82 Å². The van der Waals surface area contributed by atoms with E-state index < -0.39 is 0 Å². The van der Waals surface area contributed by atoms with Crippen LogP contribution in [0.25, 0.3) is 33.7 Å². The van der Waals surface area contributed by atoms with Crippen molar-refractivity contribution >= 4 is 10.9 Å². The first-order valence-corrected chi connectivity index (χ1v) is 8.01. The maximum Gasteiger partial charge on any atom is 0.258 e. The highest BCUT2D eigenvalue weighted by atomic mass is 16.5. The van der Waals surface area contributed by atoms with Gasteiger partial charge in [0.25, 0.3) is 5.89 Å². The van der Waals surface area contributed by atoms with E-state index in [2.05, 4.69) is 35.2 Å². The molecule has 120 valence electrons. The van der Waals surface area contributed by atoms with Crippen molar-refractivity contribution in [1.29, 1.82) is 0 Å². The number of nitrogens with zero attached hydrogens (tertiary/aromatic N) is 4. The second kappa shape index (κ2) is 5.60. The molecule has 0 bridgehead atoms. The zero-order valence-electron chi connectivity index (χ0n) is 13.9. The van der Waals surface area contributed by atoms with Gasteiger partial charge in [0.15, 0.2) is 0 Å². The first-order valence-electron chi connectivity index (χ1n) is 8.01. The van der Waals surface area contributed by atoms with Gasteiger partial charge >= 0.3 is 0 Å². The van der Waals surface area contributed by atoms with Crippen molar-refractivity contribution in [3.63, 3.8) is 0 Å². The third-order valence-corrected chi connectivity index (χ3v) is 4.14. The third-order valence-electron chi connectivity index (χ3n) is 4.14. The SMILES string of the molecule is Cc1ccccc1-c1noc(-c2ccc3c(cnn3C(C)C)c2)n1. The normalized spacial score (nSPS) is 11.5. The fourth-order valence-electron chi connectivity index (χ4n) is 2.87. The van der Waals surface area contributed by atoms with Crippen molar-refractivity contribution < 1.29 is 4.52 Å². The summed E-state index contributed by atoms with van der Waals surface area (Å²) in [5.41, 5.74) is 4.12. The molecule has 0 unspecified atom stereocenters. The number of fused-ring (bicyclic) bond motifs is 1. The molecule has 2 aromatic heterocycles. The van der Waals surface area contributed by atoms with Gasteiger partial charge in [-0.1, -0.05) is 29.4 Å². The highest BCUT2D eigenvalue weighted by molar-refractivity contribution is 5.83. The van der Waals surface area contributed by atoms with Crippen LogP contribution in [-0.4, -0.2) is 19.9 Å². The zero-order valence-corrected chi connectivity index (χ0v) is 13.9. The van der Waals surface area contributed by atoms with Gasteiger partial charge < -0.3 is 4.52 Å². The quantitative estimate of drug-likeness (QED) is 0.552. The maximum absolute atomic E-state index is 5.47. The number of hydrogen-bond donors (Lipinski definition) is 0. The van der Waals surface area contributed by atoms with E-state index in [1.54, 1.807) is 0 Å². The Hall–Kier alpha value is -2.95. The highest BCUT2D eigenvalue weighted by Crippen LogP contribution is 2.27. The molecule has 5 nitrogen and oxygen atoms in total. The molecular weight excluding hydrogens is 300 g/mol. The summed E-state index contributed by atoms with van der Waals surface area (Å²) in [5, 5.41) is 9.64. The van der Waals surface area contributed by atoms with E-state index in [0.29, 0.717) is 17.8 Å². The number of aryl methyl sites for hydroxylation is 1. The molecule has 0 fully saturated rings. The summed E-state index contributed by atoms with van der Waals surface area (Å²) in [5.74, 6) is 1.13. The summed E-state index contributed by atoms with van der Waals surface area (Å²) in [6, 6.07) is 14.4. The maximum atomic E-state index is 5.47. The molecule has 0 aliphatic heterocycles. The van der Waals surface area contributed by atoms with E-state index in [-0.39, 0.29) is 0 Å². The molecule has 0 amide bonds. The van der Waals surface area contributed by atoms with Gasteiger partial charge in [-0.15, -0.1) is 0 Å². The van der Waals surface area contributed by atoms with Gasteiger partial charge in [-0.3, -0.25) is 4.68 Å². The molecule has 0 saturated heterocycles. The Morgan fingerprint density at radius 2 is 1.92 bits per heavy atom. The number of aromatic nitrogens is 4. The summed E-state index contributed by atoms with van der Waals surface area (Å²) >= 11 is 0. The van der Waals surface area contributed by atoms with Crippen molar-refractivity contribution in [1.82, 2.24) is 19.9 Å². The summed E-state index contributed by atoms with van der Waals surface area (Å²) in [6.07, 6.45) is 1.87. The smallest absolute Gasteiger partial charge is 0.258 e. The predicted octanol–water partition coefficient (Wildman–Crippen LogP) is 4.64. The minimum absolute atomic E-state index is 0.324. The Bertz CT molecular complexity index is 1010. The Labute approximate surface area is 139 Å². The largest absolute Gasteiger partial charge is 0.334 e. The molecule has 0 atom stereocenters. The van der Waals surface area contributed by atoms with Gasteiger partial charge in [0.05, 0.1) is 11.7 Å². The van der Waals surface area contributed by atoms with Crippen LogP contribution in [0.15, 0.2) is 53.2 Å². The first kappa shape index (κ1) is 14.6. The standard InChI is InChI=1S/C19H18N4O/c1-12(2)23-17-9-8-14(10-15(17)11-20-23)19-21-18(22-24-19)16-7-5-4-6-13(16)3/h4-12H,1-3H3. The summed E-state index contributed by atoms with van der Waals surface area (Å²) < 4.78 is 7.48. The molecule has 0 N–H and O–H groups in total. The van der Waals surface area contributed by atoms with Crippen LogP contribution in [0.1, 0.15) is 25.5 Å². The predicted molar refractivity (Wildman–Crippen MR) is 93.6 cm³/mol. The molecule has 4 rings (SSSR count). The van der Waals surface area contributed by atoms with E-state index in [0.717, 1.165) is 27.6 Å². The molecule has 5 heteroatoms. The minimum Gasteiger partial charge on any atom is -0.334 e. The lowest BCUT2D eigenvalue weighted by Gasteiger charge is -2.06. The molecule has 0 aliphatic carbocycles. The van der Waals surface area contributed by atoms with E-state index in [1.165, 1.54) is 0 Å². The van der Waals surface area contributed by atoms with E-state index in [1.807, 2.05) is 54.2 Å². The van der Waals surface area contributed by atoms with Crippen molar-refractivity contribution in [2.75, 3.05) is 0 Å². The second-order valence-electron chi connectivity index (χ2n) is 6.19. The topological polar surface area (TPSA) is 56.7 Å². The first-order chi connectivity index (χ1) is 11.6. The molecule has 2 aromatic carbocycles. The van der Waals surface area contributed by atoms with Crippen LogP contribution < -0.4 is 0 Å². The number of benzene rings is 2. The lowest BCUT2D eigenvalue weighted by atomic mass is 10.1. The van der Waals surface area contributed by atoms with E-state index in [4.69, 9.17) is 4.52 Å². The monoisotopic (exact) mass is 318 g/mol. The fourth-order valence-corrected chi connectivity index (χ4v) is 2.87. The lowest BCUT2D eigenvalue weighted by Crippen LogP contribution is -2.01. The van der Waals surface area contributed by atoms with E-state index in [9.17, 15) is 0 Å². The number of hydrogen-bond acceptors (Lipinski definition) is 4. The van der Waals surface area contributed by atoms with Gasteiger partial charge in [-0.25, -0.2) is 0 Å². The fraction of sp³-hybridized carbons (Fsp3) is 0.211. The minimum atomic E-state index is 0.324. The third kappa shape index (κ3) is 2.38. The summed E-state index contributed by atoms with van der Waals surface area (Å²) in [6.45, 7) is 6.28. The van der Waals surface area contributed by atoms with Gasteiger partial charge in [-0.2, -0.15) is 10.1 Å². The van der Waals surface area contributed by atoms with Crippen LogP contribution in [0.5, 0.6) is 0 Å². The van der Waals surface area contributed by atoms with Crippen molar-refractivity contribution in [3.05, 3.63) is 54.2 Å². The number of rotatable bonds is 3. The van der Waals surface area contributed by atoms with E-state index >= 15 is 0 Å². The Kier molecular flexibility index (Phi) is 3.41. The van der Waals surface area contributed by atoms with Gasteiger partial charge in [0, 0.05) is 22.6 Å². The van der Waals surface area contributed by atoms with Crippen LogP contribution in [0.4, 0.5) is 0 Å². The Morgan fingerprint density at radius 3 is 2.71 bits per heavy atom. The van der Waals surface area contributed by atoms with Crippen molar-refractivity contribution in [2.24, 2.45) is 0 Å². The molecule has 4 aromatic rings. The van der Waals surface area contributed by atoms with Gasteiger partial charge in [-0.05, 0) is 44.5 Å². The molecule has 0 spiro atoms. The summed E-state index contributed by atoms with van der Waals surface area (Å²) in [7, 11) is 0. The van der Waals surface area contributed by atoms with Crippen LogP contribution in [0, 0.1) is 6.92 Å². The summed E-state index contributed by atoms with van der Waals surface area (Å²) in [4.78, 5) is 4.56. The molecule has 0 radical (unpaired) electrons. The zero-order chi connectivity index (χ0) is 16.7. The molecule has 0 aliphatic rings. The molecular formula is C19H18N4O. The lowest BCUT2D eigenvalue weighted by molar-refractivity contribution is 0.432. The Morgan fingerprint density at radius 1 is 1.08 bits per heavy atom.